The first-order valence-corrected chi connectivity index (χ1v) is 12.6. The van der Waals surface area contributed by atoms with Crippen molar-refractivity contribution >= 4 is 29.5 Å². The second kappa shape index (κ2) is 12.5. The summed E-state index contributed by atoms with van der Waals surface area (Å²) in [5, 5.41) is 19.3. The van der Waals surface area contributed by atoms with E-state index in [0.717, 1.165) is 23.5 Å². The van der Waals surface area contributed by atoms with Crippen molar-refractivity contribution in [2.75, 3.05) is 19.8 Å². The Morgan fingerprint density at radius 1 is 1.27 bits per heavy atom. The van der Waals surface area contributed by atoms with Crippen LogP contribution >= 0.6 is 11.6 Å². The summed E-state index contributed by atoms with van der Waals surface area (Å²) >= 11 is 6.46. The molecule has 0 unspecified atom stereocenters. The molecular weight excluding hydrogens is 494 g/mol. The monoisotopic (exact) mass is 523 g/mol. The lowest BCUT2D eigenvalue weighted by molar-refractivity contribution is 0.0939. The van der Waals surface area contributed by atoms with E-state index in [1.54, 1.807) is 10.9 Å². The Morgan fingerprint density at radius 2 is 2.11 bits per heavy atom. The van der Waals surface area contributed by atoms with Gasteiger partial charge in [-0.3, -0.25) is 19.3 Å². The van der Waals surface area contributed by atoms with Gasteiger partial charge in [-0.25, -0.2) is 0 Å². The van der Waals surface area contributed by atoms with Crippen LogP contribution in [0.3, 0.4) is 0 Å². The minimum absolute atomic E-state index is 0.109. The van der Waals surface area contributed by atoms with E-state index in [1.165, 1.54) is 31.2 Å². The SMILES string of the molecule is C[C@@H](C=Cc1cnn(Cc2ccc(OCC3CC3)cc2Cl)c1)NC(=O)c1ccnc(C(=O)NCCO)c1. The van der Waals surface area contributed by atoms with Crippen molar-refractivity contribution in [2.24, 2.45) is 5.92 Å². The molecule has 9 nitrogen and oxygen atoms in total. The smallest absolute Gasteiger partial charge is 0.269 e. The molecule has 2 amide bonds. The van der Waals surface area contributed by atoms with E-state index in [0.29, 0.717) is 23.0 Å². The first-order chi connectivity index (χ1) is 17.9. The third-order valence-electron chi connectivity index (χ3n) is 5.78. The summed E-state index contributed by atoms with van der Waals surface area (Å²) in [6.07, 6.45) is 11.3. The second-order valence-corrected chi connectivity index (χ2v) is 9.42. The van der Waals surface area contributed by atoms with E-state index < -0.39 is 5.91 Å². The normalized spacial score (nSPS) is 13.9. The lowest BCUT2D eigenvalue weighted by Gasteiger charge is -2.10. The molecule has 2 heterocycles. The molecule has 194 valence electrons. The van der Waals surface area contributed by atoms with Gasteiger partial charge in [0, 0.05) is 41.1 Å². The standard InChI is InChI=1S/C27H30ClN5O4/c1-18(32-26(35)21-8-9-29-25(12-21)27(36)30-10-11-34)2-3-20-14-31-33(15-20)16-22-6-7-23(13-24(22)28)37-17-19-4-5-19/h2-3,6-9,12-15,18-19,34H,4-5,10-11,16-17H2,1H3,(H,30,36)(H,32,35)/t18-/m0/s1. The van der Waals surface area contributed by atoms with Crippen LogP contribution in [-0.4, -0.2) is 57.5 Å². The van der Waals surface area contributed by atoms with E-state index in [1.807, 2.05) is 43.5 Å². The van der Waals surface area contributed by atoms with Crippen molar-refractivity contribution in [1.82, 2.24) is 25.4 Å². The van der Waals surface area contributed by atoms with E-state index in [-0.39, 0.29) is 30.8 Å². The number of aromatic nitrogens is 3. The van der Waals surface area contributed by atoms with Crippen LogP contribution in [0.25, 0.3) is 6.08 Å². The number of nitrogens with one attached hydrogen (secondary N) is 2. The summed E-state index contributed by atoms with van der Waals surface area (Å²) in [4.78, 5) is 28.6. The number of rotatable bonds is 12. The number of carbonyl (C=O) groups is 2. The molecule has 1 fully saturated rings. The summed E-state index contributed by atoms with van der Waals surface area (Å²) in [7, 11) is 0. The summed E-state index contributed by atoms with van der Waals surface area (Å²) in [5.41, 5.74) is 2.25. The van der Waals surface area contributed by atoms with Gasteiger partial charge < -0.3 is 20.5 Å². The summed E-state index contributed by atoms with van der Waals surface area (Å²) in [6.45, 7) is 3.06. The van der Waals surface area contributed by atoms with Crippen LogP contribution in [0.4, 0.5) is 0 Å². The molecule has 0 aliphatic heterocycles. The number of hydrogen-bond acceptors (Lipinski definition) is 6. The minimum Gasteiger partial charge on any atom is -0.493 e. The zero-order valence-corrected chi connectivity index (χ0v) is 21.3. The number of pyridine rings is 1. The fourth-order valence-corrected chi connectivity index (χ4v) is 3.75. The quantitative estimate of drug-likeness (QED) is 0.335. The molecule has 0 saturated heterocycles. The van der Waals surface area contributed by atoms with Crippen LogP contribution in [0.1, 0.15) is 51.7 Å². The lowest BCUT2D eigenvalue weighted by Crippen LogP contribution is -2.32. The molecule has 1 aromatic carbocycles. The van der Waals surface area contributed by atoms with Gasteiger partial charge in [0.2, 0.25) is 0 Å². The number of ether oxygens (including phenoxy) is 1. The van der Waals surface area contributed by atoms with Gasteiger partial charge in [-0.1, -0.05) is 29.8 Å². The number of benzene rings is 1. The van der Waals surface area contributed by atoms with Gasteiger partial charge in [-0.05, 0) is 55.5 Å². The van der Waals surface area contributed by atoms with Crippen molar-refractivity contribution in [1.29, 1.82) is 0 Å². The van der Waals surface area contributed by atoms with Crippen molar-refractivity contribution in [3.63, 3.8) is 0 Å². The van der Waals surface area contributed by atoms with Crippen LogP contribution in [0.15, 0.2) is 55.0 Å². The zero-order chi connectivity index (χ0) is 26.2. The Balaban J connectivity index is 1.29. The minimum atomic E-state index is -0.451. The van der Waals surface area contributed by atoms with Gasteiger partial charge in [0.05, 0.1) is 26.0 Å². The predicted molar refractivity (Wildman–Crippen MR) is 141 cm³/mol. The van der Waals surface area contributed by atoms with Crippen molar-refractivity contribution < 1.29 is 19.4 Å². The van der Waals surface area contributed by atoms with Crippen LogP contribution < -0.4 is 15.4 Å². The van der Waals surface area contributed by atoms with E-state index in [4.69, 9.17) is 21.4 Å². The van der Waals surface area contributed by atoms with Gasteiger partial charge >= 0.3 is 0 Å². The molecule has 3 aromatic rings. The average molecular weight is 524 g/mol. The first-order valence-electron chi connectivity index (χ1n) is 12.2. The van der Waals surface area contributed by atoms with E-state index in [9.17, 15) is 9.59 Å². The Labute approximate surface area is 220 Å². The number of halogens is 1. The van der Waals surface area contributed by atoms with Crippen LogP contribution in [0, 0.1) is 5.92 Å². The highest BCUT2D eigenvalue weighted by molar-refractivity contribution is 6.31. The second-order valence-electron chi connectivity index (χ2n) is 9.01. The number of aliphatic hydroxyl groups excluding tert-OH is 1. The maximum atomic E-state index is 12.6. The number of carbonyl (C=O) groups excluding carboxylic acids is 2. The molecule has 4 rings (SSSR count). The Bertz CT molecular complexity index is 1270. The number of nitrogens with zero attached hydrogens (tertiary/aromatic N) is 3. The molecule has 0 bridgehead atoms. The van der Waals surface area contributed by atoms with Crippen molar-refractivity contribution in [2.45, 2.75) is 32.4 Å². The molecule has 3 N–H and O–H groups in total. The number of amides is 2. The molecule has 2 aromatic heterocycles. The topological polar surface area (TPSA) is 118 Å². The van der Waals surface area contributed by atoms with Gasteiger partial charge in [-0.15, -0.1) is 0 Å². The van der Waals surface area contributed by atoms with Crippen LogP contribution in [0.2, 0.25) is 5.02 Å². The highest BCUT2D eigenvalue weighted by Crippen LogP contribution is 2.30. The van der Waals surface area contributed by atoms with E-state index in [2.05, 4.69) is 20.7 Å². The molecule has 1 aliphatic rings. The lowest BCUT2D eigenvalue weighted by atomic mass is 10.2. The molecule has 37 heavy (non-hydrogen) atoms. The highest BCUT2D eigenvalue weighted by Gasteiger charge is 2.22. The summed E-state index contributed by atoms with van der Waals surface area (Å²) in [6, 6.07) is 8.43. The summed E-state index contributed by atoms with van der Waals surface area (Å²) < 4.78 is 7.59. The Hall–Kier alpha value is -3.69. The zero-order valence-electron chi connectivity index (χ0n) is 20.6. The molecular formula is C27H30ClN5O4. The van der Waals surface area contributed by atoms with E-state index >= 15 is 0 Å². The number of hydrogen-bond donors (Lipinski definition) is 3. The number of aliphatic hydroxyl groups is 1. The van der Waals surface area contributed by atoms with Crippen molar-refractivity contribution in [3.8, 4) is 5.75 Å². The molecule has 0 radical (unpaired) electrons. The van der Waals surface area contributed by atoms with Crippen molar-refractivity contribution in [3.05, 3.63) is 82.4 Å². The highest BCUT2D eigenvalue weighted by atomic mass is 35.5. The molecule has 10 heteroatoms. The third-order valence-corrected chi connectivity index (χ3v) is 6.13. The maximum absolute atomic E-state index is 12.6. The first kappa shape index (κ1) is 26.4. The van der Waals surface area contributed by atoms with Crippen LogP contribution in [0.5, 0.6) is 5.75 Å². The molecule has 1 aliphatic carbocycles. The van der Waals surface area contributed by atoms with Gasteiger partial charge in [-0.2, -0.15) is 5.10 Å². The van der Waals surface area contributed by atoms with Gasteiger partial charge in [0.1, 0.15) is 11.4 Å². The summed E-state index contributed by atoms with van der Waals surface area (Å²) in [5.74, 6) is 0.691. The Morgan fingerprint density at radius 3 is 2.86 bits per heavy atom. The Kier molecular flexibility index (Phi) is 8.92. The fraction of sp³-hybridized carbons (Fsp3) is 0.333. The van der Waals surface area contributed by atoms with Gasteiger partial charge in [0.25, 0.3) is 11.8 Å². The average Bonchev–Trinajstić information content (AvgIpc) is 3.63. The van der Waals surface area contributed by atoms with Gasteiger partial charge in [0.15, 0.2) is 0 Å². The molecule has 1 saturated carbocycles. The van der Waals surface area contributed by atoms with Crippen LogP contribution in [-0.2, 0) is 6.54 Å². The predicted octanol–water partition coefficient (Wildman–Crippen LogP) is 3.32. The third kappa shape index (κ3) is 7.90. The largest absolute Gasteiger partial charge is 0.493 e. The molecule has 1 atom stereocenters. The maximum Gasteiger partial charge on any atom is 0.269 e. The molecule has 0 spiro atoms. The fourth-order valence-electron chi connectivity index (χ4n) is 3.52.